The molecular formula is C25H24ClF2NO5S. The van der Waals surface area contributed by atoms with Gasteiger partial charge in [-0.15, -0.1) is 0 Å². The molecule has 2 aromatic carbocycles. The summed E-state index contributed by atoms with van der Waals surface area (Å²) in [6.45, 7) is 0.123. The fourth-order valence-electron chi connectivity index (χ4n) is 5.37. The minimum atomic E-state index is -4.16. The number of benzene rings is 2. The van der Waals surface area contributed by atoms with Gasteiger partial charge in [-0.2, -0.15) is 0 Å². The van der Waals surface area contributed by atoms with Crippen LogP contribution in [-0.2, 0) is 27.7 Å². The first kappa shape index (κ1) is 24.2. The maximum absolute atomic E-state index is 15.3. The molecule has 10 heteroatoms. The third kappa shape index (κ3) is 4.04. The number of fused-ring (bicyclic) bond motifs is 3. The average molecular weight is 524 g/mol. The smallest absolute Gasteiger partial charge is 0.188 e. The van der Waals surface area contributed by atoms with Crippen molar-refractivity contribution in [3.63, 3.8) is 0 Å². The Kier molecular flexibility index (Phi) is 6.37. The Hall–Kier alpha value is -2.46. The molecule has 0 amide bonds. The molecule has 2 heterocycles. The molecule has 3 atom stereocenters. The molecule has 5 rings (SSSR count). The number of rotatable bonds is 6. The van der Waals surface area contributed by atoms with Gasteiger partial charge in [-0.05, 0) is 67.8 Å². The lowest BCUT2D eigenvalue weighted by Crippen LogP contribution is -2.55. The molecule has 1 aromatic heterocycles. The van der Waals surface area contributed by atoms with Gasteiger partial charge < -0.3 is 19.6 Å². The van der Waals surface area contributed by atoms with Crippen LogP contribution in [0, 0.1) is 17.6 Å². The van der Waals surface area contributed by atoms with Gasteiger partial charge in [0.15, 0.2) is 21.4 Å². The van der Waals surface area contributed by atoms with Crippen LogP contribution in [0.1, 0.15) is 36.3 Å². The molecule has 0 spiro atoms. The molecule has 35 heavy (non-hydrogen) atoms. The topological polar surface area (TPSA) is 88.8 Å². The van der Waals surface area contributed by atoms with E-state index in [1.807, 2.05) is 0 Å². The molecule has 1 aliphatic carbocycles. The highest BCUT2D eigenvalue weighted by atomic mass is 35.5. The van der Waals surface area contributed by atoms with E-state index in [0.29, 0.717) is 35.9 Å². The molecule has 2 N–H and O–H groups in total. The van der Waals surface area contributed by atoms with Gasteiger partial charge in [0.1, 0.15) is 28.7 Å². The lowest BCUT2D eigenvalue weighted by atomic mass is 9.71. The lowest BCUT2D eigenvalue weighted by Gasteiger charge is -2.49. The summed E-state index contributed by atoms with van der Waals surface area (Å²) in [5.41, 5.74) is -0.235. The van der Waals surface area contributed by atoms with Crippen LogP contribution in [0.15, 0.2) is 57.8 Å². The standard InChI is InChI=1S/C25H24ClF2NO5S/c26-16-1-5-20(6-2-16)35(31,32)25-10-9-17(29-12-18-3-4-19(13-30)34-18)11-15(25)14-33-24-22(28)8-7-21(27)23(24)25/h1-8,15,17,29-30H,9-14H2/t15-,17-,25+/m1/s1. The molecule has 1 aliphatic heterocycles. The second-order valence-electron chi connectivity index (χ2n) is 8.97. The molecule has 1 fully saturated rings. The third-order valence-electron chi connectivity index (χ3n) is 7.05. The minimum absolute atomic E-state index is 0.00180. The van der Waals surface area contributed by atoms with Crippen LogP contribution in [0.4, 0.5) is 8.78 Å². The van der Waals surface area contributed by atoms with Crippen molar-refractivity contribution in [1.82, 2.24) is 5.32 Å². The van der Waals surface area contributed by atoms with Crippen molar-refractivity contribution in [3.05, 3.63) is 82.3 Å². The van der Waals surface area contributed by atoms with Gasteiger partial charge in [0.05, 0.1) is 23.6 Å². The van der Waals surface area contributed by atoms with Gasteiger partial charge in [0, 0.05) is 17.0 Å². The molecule has 0 radical (unpaired) electrons. The van der Waals surface area contributed by atoms with Crippen molar-refractivity contribution in [3.8, 4) is 5.75 Å². The van der Waals surface area contributed by atoms with Crippen molar-refractivity contribution in [2.24, 2.45) is 5.92 Å². The van der Waals surface area contributed by atoms with Crippen molar-refractivity contribution in [1.29, 1.82) is 0 Å². The summed E-state index contributed by atoms with van der Waals surface area (Å²) in [6.07, 6.45) is 0.860. The molecular weight excluding hydrogens is 500 g/mol. The number of hydrogen-bond donors (Lipinski definition) is 2. The number of aliphatic hydroxyl groups is 1. The number of aliphatic hydroxyl groups excluding tert-OH is 1. The largest absolute Gasteiger partial charge is 0.490 e. The summed E-state index contributed by atoms with van der Waals surface area (Å²) in [4.78, 5) is 0.00180. The van der Waals surface area contributed by atoms with Gasteiger partial charge in [-0.1, -0.05) is 11.6 Å². The van der Waals surface area contributed by atoms with Gasteiger partial charge in [0.25, 0.3) is 0 Å². The van der Waals surface area contributed by atoms with Gasteiger partial charge in [0.2, 0.25) is 0 Å². The highest BCUT2D eigenvalue weighted by Gasteiger charge is 2.59. The van der Waals surface area contributed by atoms with E-state index in [0.717, 1.165) is 12.1 Å². The molecule has 0 bridgehead atoms. The van der Waals surface area contributed by atoms with Crippen LogP contribution in [0.25, 0.3) is 0 Å². The summed E-state index contributed by atoms with van der Waals surface area (Å²) in [5.74, 6) is -1.46. The molecule has 186 valence electrons. The Labute approximate surface area is 206 Å². The first-order valence-electron chi connectivity index (χ1n) is 11.3. The van der Waals surface area contributed by atoms with E-state index < -0.39 is 32.1 Å². The average Bonchev–Trinajstić information content (AvgIpc) is 3.32. The van der Waals surface area contributed by atoms with E-state index in [4.69, 9.17) is 20.8 Å². The molecule has 0 unspecified atom stereocenters. The SMILES string of the molecule is O=S(=O)(c1ccc(Cl)cc1)[C@@]12CC[C@@H](NCc3ccc(CO)o3)C[C@@H]1COc1c(F)ccc(F)c12. The number of hydrogen-bond acceptors (Lipinski definition) is 6. The number of furan rings is 1. The van der Waals surface area contributed by atoms with Crippen LogP contribution in [0.2, 0.25) is 5.02 Å². The first-order valence-corrected chi connectivity index (χ1v) is 13.2. The van der Waals surface area contributed by atoms with Crippen LogP contribution in [0.5, 0.6) is 5.75 Å². The lowest BCUT2D eigenvalue weighted by molar-refractivity contribution is 0.107. The second-order valence-corrected chi connectivity index (χ2v) is 11.6. The maximum atomic E-state index is 15.3. The highest BCUT2D eigenvalue weighted by molar-refractivity contribution is 7.92. The second kappa shape index (κ2) is 9.20. The summed E-state index contributed by atoms with van der Waals surface area (Å²) >= 11 is 5.97. The Bertz CT molecular complexity index is 1340. The number of halogens is 3. The van der Waals surface area contributed by atoms with Crippen LogP contribution in [-0.4, -0.2) is 26.2 Å². The van der Waals surface area contributed by atoms with E-state index in [2.05, 4.69) is 5.32 Å². The summed E-state index contributed by atoms with van der Waals surface area (Å²) in [6, 6.07) is 11.0. The van der Waals surface area contributed by atoms with Crippen LogP contribution in [0.3, 0.4) is 0 Å². The highest BCUT2D eigenvalue weighted by Crippen LogP contribution is 2.56. The summed E-state index contributed by atoms with van der Waals surface area (Å²) < 4.78 is 67.8. The zero-order valence-electron chi connectivity index (χ0n) is 18.6. The van der Waals surface area contributed by atoms with Gasteiger partial charge >= 0.3 is 0 Å². The van der Waals surface area contributed by atoms with Gasteiger partial charge in [-0.25, -0.2) is 17.2 Å². The molecule has 1 saturated carbocycles. The Morgan fingerprint density at radius 1 is 1.06 bits per heavy atom. The fraction of sp³-hybridized carbons (Fsp3) is 0.360. The Morgan fingerprint density at radius 2 is 1.77 bits per heavy atom. The van der Waals surface area contributed by atoms with E-state index in [1.165, 1.54) is 24.3 Å². The molecule has 3 aromatic rings. The summed E-state index contributed by atoms with van der Waals surface area (Å²) in [7, 11) is -4.16. The van der Waals surface area contributed by atoms with E-state index >= 15 is 4.39 Å². The minimum Gasteiger partial charge on any atom is -0.490 e. The van der Waals surface area contributed by atoms with Crippen molar-refractivity contribution < 1.29 is 31.5 Å². The zero-order valence-corrected chi connectivity index (χ0v) is 20.2. The normalized spacial score (nSPS) is 23.9. The number of ether oxygens (including phenoxy) is 1. The predicted molar refractivity (Wildman–Crippen MR) is 125 cm³/mol. The Morgan fingerprint density at radius 3 is 2.49 bits per heavy atom. The predicted octanol–water partition coefficient (Wildman–Crippen LogP) is 4.72. The monoisotopic (exact) mass is 523 g/mol. The molecule has 2 aliphatic rings. The summed E-state index contributed by atoms with van der Waals surface area (Å²) in [5, 5.41) is 12.9. The Balaban J connectivity index is 1.53. The third-order valence-corrected chi connectivity index (χ3v) is 9.89. The van der Waals surface area contributed by atoms with Crippen LogP contribution < -0.4 is 10.1 Å². The van der Waals surface area contributed by atoms with E-state index in [-0.39, 0.29) is 41.9 Å². The zero-order chi connectivity index (χ0) is 24.8. The van der Waals surface area contributed by atoms with E-state index in [1.54, 1.807) is 12.1 Å². The quantitative estimate of drug-likeness (QED) is 0.486. The first-order chi connectivity index (χ1) is 16.8. The van der Waals surface area contributed by atoms with Crippen LogP contribution >= 0.6 is 11.6 Å². The maximum Gasteiger partial charge on any atom is 0.188 e. The number of sulfone groups is 1. The van der Waals surface area contributed by atoms with Gasteiger partial charge in [-0.3, -0.25) is 0 Å². The molecule has 0 saturated heterocycles. The van der Waals surface area contributed by atoms with Crippen molar-refractivity contribution in [2.75, 3.05) is 6.61 Å². The van der Waals surface area contributed by atoms with Crippen molar-refractivity contribution >= 4 is 21.4 Å². The van der Waals surface area contributed by atoms with Crippen molar-refractivity contribution in [2.45, 2.75) is 48.1 Å². The van der Waals surface area contributed by atoms with E-state index in [9.17, 15) is 17.9 Å². The molecule has 6 nitrogen and oxygen atoms in total. The number of nitrogens with one attached hydrogen (secondary N) is 1. The fourth-order valence-corrected chi connectivity index (χ4v) is 7.86.